The van der Waals surface area contributed by atoms with E-state index >= 15 is 0 Å². The molecule has 4 heteroatoms. The highest BCUT2D eigenvalue weighted by molar-refractivity contribution is 9.10. The van der Waals surface area contributed by atoms with E-state index in [4.69, 9.17) is 0 Å². The molecule has 1 N–H and O–H groups in total. The summed E-state index contributed by atoms with van der Waals surface area (Å²) in [6.07, 6.45) is 1.25. The molecule has 1 fully saturated rings. The molecule has 0 spiro atoms. The van der Waals surface area contributed by atoms with Crippen LogP contribution in [0.5, 0.6) is 0 Å². The first kappa shape index (κ1) is 10.8. The standard InChI is InChI=1S/C12H15BrN2S/c13-9-1-2-12-11(7-9)14-4-3-10-8-16-6-5-15(10)12/h1-2,7,10,14H,3-6,8H2. The first-order valence-electron chi connectivity index (χ1n) is 5.72. The van der Waals surface area contributed by atoms with Crippen LogP contribution in [-0.2, 0) is 0 Å². The van der Waals surface area contributed by atoms with Gasteiger partial charge in [-0.25, -0.2) is 0 Å². The van der Waals surface area contributed by atoms with Gasteiger partial charge >= 0.3 is 0 Å². The van der Waals surface area contributed by atoms with Gasteiger partial charge in [0.2, 0.25) is 0 Å². The van der Waals surface area contributed by atoms with E-state index in [0.29, 0.717) is 6.04 Å². The van der Waals surface area contributed by atoms with E-state index in [2.05, 4.69) is 56.1 Å². The molecule has 0 saturated carbocycles. The van der Waals surface area contributed by atoms with Crippen LogP contribution in [-0.4, -0.2) is 30.6 Å². The molecule has 0 aromatic heterocycles. The Hall–Kier alpha value is -0.350. The van der Waals surface area contributed by atoms with Crippen molar-refractivity contribution in [2.75, 3.05) is 34.8 Å². The molecule has 0 bridgehead atoms. The lowest BCUT2D eigenvalue weighted by Crippen LogP contribution is -2.42. The van der Waals surface area contributed by atoms with Crippen LogP contribution in [0, 0.1) is 0 Å². The second kappa shape index (κ2) is 4.49. The van der Waals surface area contributed by atoms with Crippen LogP contribution in [0.2, 0.25) is 0 Å². The summed E-state index contributed by atoms with van der Waals surface area (Å²) in [7, 11) is 0. The Bertz CT molecular complexity index is 397. The van der Waals surface area contributed by atoms with Gasteiger partial charge in [-0.15, -0.1) is 0 Å². The van der Waals surface area contributed by atoms with E-state index < -0.39 is 0 Å². The zero-order valence-corrected chi connectivity index (χ0v) is 11.5. The quantitative estimate of drug-likeness (QED) is 0.792. The molecule has 16 heavy (non-hydrogen) atoms. The van der Waals surface area contributed by atoms with Crippen LogP contribution < -0.4 is 10.2 Å². The SMILES string of the molecule is Brc1ccc2c(c1)NCCC1CSCCN21. The van der Waals surface area contributed by atoms with E-state index in [0.717, 1.165) is 11.0 Å². The van der Waals surface area contributed by atoms with Gasteiger partial charge in [0.05, 0.1) is 11.4 Å². The van der Waals surface area contributed by atoms with E-state index in [1.807, 2.05) is 0 Å². The minimum Gasteiger partial charge on any atom is -0.383 e. The summed E-state index contributed by atoms with van der Waals surface area (Å²) in [6, 6.07) is 7.29. The van der Waals surface area contributed by atoms with Crippen molar-refractivity contribution >= 4 is 39.1 Å². The topological polar surface area (TPSA) is 15.3 Å². The van der Waals surface area contributed by atoms with Crippen LogP contribution in [0.3, 0.4) is 0 Å². The fourth-order valence-electron chi connectivity index (χ4n) is 2.48. The maximum Gasteiger partial charge on any atom is 0.0605 e. The summed E-state index contributed by atoms with van der Waals surface area (Å²) in [5.41, 5.74) is 2.66. The van der Waals surface area contributed by atoms with Crippen molar-refractivity contribution in [3.8, 4) is 0 Å². The van der Waals surface area contributed by atoms with Crippen molar-refractivity contribution < 1.29 is 0 Å². The number of benzene rings is 1. The van der Waals surface area contributed by atoms with Gasteiger partial charge < -0.3 is 10.2 Å². The molecule has 2 aliphatic heterocycles. The number of halogens is 1. The van der Waals surface area contributed by atoms with Crippen molar-refractivity contribution in [3.63, 3.8) is 0 Å². The highest BCUT2D eigenvalue weighted by Crippen LogP contribution is 2.35. The van der Waals surface area contributed by atoms with Crippen molar-refractivity contribution in [1.29, 1.82) is 0 Å². The summed E-state index contributed by atoms with van der Waals surface area (Å²) in [6.45, 7) is 2.27. The first-order valence-corrected chi connectivity index (χ1v) is 7.67. The summed E-state index contributed by atoms with van der Waals surface area (Å²) in [4.78, 5) is 2.58. The minimum absolute atomic E-state index is 0.716. The molecule has 0 amide bonds. The fraction of sp³-hybridized carbons (Fsp3) is 0.500. The smallest absolute Gasteiger partial charge is 0.0605 e. The molecule has 0 radical (unpaired) electrons. The lowest BCUT2D eigenvalue weighted by Gasteiger charge is -2.36. The molecular formula is C12H15BrN2S. The van der Waals surface area contributed by atoms with E-state index in [-0.39, 0.29) is 0 Å². The molecule has 1 saturated heterocycles. The zero-order valence-electron chi connectivity index (χ0n) is 9.08. The highest BCUT2D eigenvalue weighted by Gasteiger charge is 2.26. The Morgan fingerprint density at radius 3 is 3.31 bits per heavy atom. The lowest BCUT2D eigenvalue weighted by atomic mass is 10.2. The fourth-order valence-corrected chi connectivity index (χ4v) is 3.96. The van der Waals surface area contributed by atoms with Crippen molar-refractivity contribution in [1.82, 2.24) is 0 Å². The predicted molar refractivity (Wildman–Crippen MR) is 75.7 cm³/mol. The molecule has 3 rings (SSSR count). The third kappa shape index (κ3) is 1.93. The normalized spacial score (nSPS) is 24.1. The number of thioether (sulfide) groups is 1. The van der Waals surface area contributed by atoms with E-state index in [9.17, 15) is 0 Å². The number of hydrogen-bond acceptors (Lipinski definition) is 3. The highest BCUT2D eigenvalue weighted by atomic mass is 79.9. The average Bonchev–Trinajstić information content (AvgIpc) is 2.47. The molecule has 1 aromatic rings. The Morgan fingerprint density at radius 1 is 1.44 bits per heavy atom. The van der Waals surface area contributed by atoms with Crippen molar-refractivity contribution in [2.24, 2.45) is 0 Å². The number of nitrogens with one attached hydrogen (secondary N) is 1. The van der Waals surface area contributed by atoms with E-state index in [1.165, 1.54) is 35.8 Å². The monoisotopic (exact) mass is 298 g/mol. The van der Waals surface area contributed by atoms with Gasteiger partial charge in [-0.1, -0.05) is 15.9 Å². The summed E-state index contributed by atoms with van der Waals surface area (Å²) < 4.78 is 1.16. The maximum absolute atomic E-state index is 3.54. The summed E-state index contributed by atoms with van der Waals surface area (Å²) in [5, 5.41) is 3.54. The Balaban J connectivity index is 2.00. The largest absolute Gasteiger partial charge is 0.383 e. The van der Waals surface area contributed by atoms with Gasteiger partial charge in [-0.3, -0.25) is 0 Å². The molecule has 2 heterocycles. The third-order valence-corrected chi connectivity index (χ3v) is 4.87. The minimum atomic E-state index is 0.716. The molecule has 1 unspecified atom stereocenters. The second-order valence-electron chi connectivity index (χ2n) is 4.30. The van der Waals surface area contributed by atoms with Gasteiger partial charge in [0.15, 0.2) is 0 Å². The average molecular weight is 299 g/mol. The Morgan fingerprint density at radius 2 is 2.38 bits per heavy atom. The molecular weight excluding hydrogens is 284 g/mol. The zero-order chi connectivity index (χ0) is 11.0. The van der Waals surface area contributed by atoms with Gasteiger partial charge in [0.1, 0.15) is 0 Å². The number of anilines is 2. The van der Waals surface area contributed by atoms with Crippen molar-refractivity contribution in [3.05, 3.63) is 22.7 Å². The van der Waals surface area contributed by atoms with Crippen LogP contribution in [0.15, 0.2) is 22.7 Å². The third-order valence-electron chi connectivity index (χ3n) is 3.29. The van der Waals surface area contributed by atoms with Crippen molar-refractivity contribution in [2.45, 2.75) is 12.5 Å². The maximum atomic E-state index is 3.54. The van der Waals surface area contributed by atoms with Gasteiger partial charge in [0, 0.05) is 35.1 Å². The Kier molecular flexibility index (Phi) is 3.03. The number of nitrogens with zero attached hydrogens (tertiary/aromatic N) is 1. The molecule has 1 aromatic carbocycles. The molecule has 86 valence electrons. The summed E-state index contributed by atoms with van der Waals surface area (Å²) >= 11 is 5.63. The molecule has 0 aliphatic carbocycles. The van der Waals surface area contributed by atoms with Gasteiger partial charge in [-0.05, 0) is 24.6 Å². The predicted octanol–water partition coefficient (Wildman–Crippen LogP) is 3.19. The Labute approximate surface area is 109 Å². The number of rotatable bonds is 0. The van der Waals surface area contributed by atoms with Gasteiger partial charge in [0.25, 0.3) is 0 Å². The van der Waals surface area contributed by atoms with Crippen LogP contribution >= 0.6 is 27.7 Å². The second-order valence-corrected chi connectivity index (χ2v) is 6.36. The van der Waals surface area contributed by atoms with Crippen LogP contribution in [0.25, 0.3) is 0 Å². The van der Waals surface area contributed by atoms with Crippen LogP contribution in [0.4, 0.5) is 11.4 Å². The number of fused-ring (bicyclic) bond motifs is 3. The van der Waals surface area contributed by atoms with E-state index in [1.54, 1.807) is 0 Å². The molecule has 2 nitrogen and oxygen atoms in total. The van der Waals surface area contributed by atoms with Gasteiger partial charge in [-0.2, -0.15) is 11.8 Å². The molecule has 1 atom stereocenters. The lowest BCUT2D eigenvalue weighted by molar-refractivity contribution is 0.625. The number of hydrogen-bond donors (Lipinski definition) is 1. The summed E-state index contributed by atoms with van der Waals surface area (Å²) in [5.74, 6) is 2.53. The first-order chi connectivity index (χ1) is 7.84. The van der Waals surface area contributed by atoms with Crippen LogP contribution in [0.1, 0.15) is 6.42 Å². The molecule has 2 aliphatic rings.